The zero-order chi connectivity index (χ0) is 14.0. The molecule has 0 spiro atoms. The summed E-state index contributed by atoms with van der Waals surface area (Å²) in [6, 6.07) is 20.9. The fourth-order valence-electron chi connectivity index (χ4n) is 2.30. The average molecular weight is 262 g/mol. The fourth-order valence-corrected chi connectivity index (χ4v) is 2.30. The van der Waals surface area contributed by atoms with Crippen LogP contribution in [0.2, 0.25) is 0 Å². The quantitative estimate of drug-likeness (QED) is 0.500. The van der Waals surface area contributed by atoms with Crippen molar-refractivity contribution in [3.05, 3.63) is 71.8 Å². The summed E-state index contributed by atoms with van der Waals surface area (Å²) < 4.78 is 0. The van der Waals surface area contributed by atoms with Gasteiger partial charge in [-0.3, -0.25) is 0 Å². The average Bonchev–Trinajstić information content (AvgIpc) is 2.52. The van der Waals surface area contributed by atoms with Crippen LogP contribution < -0.4 is 0 Å². The second-order valence-electron chi connectivity index (χ2n) is 5.09. The zero-order valence-electron chi connectivity index (χ0n) is 12.2. The highest BCUT2D eigenvalue weighted by Gasteiger charge is 2.07. The largest absolute Gasteiger partial charge is 0.0897 e. The van der Waals surface area contributed by atoms with E-state index >= 15 is 0 Å². The van der Waals surface area contributed by atoms with E-state index in [-0.39, 0.29) is 0 Å². The predicted octanol–water partition coefficient (Wildman–Crippen LogP) is 5.40. The Labute approximate surface area is 122 Å². The first kappa shape index (κ1) is 14.4. The van der Waals surface area contributed by atoms with Crippen molar-refractivity contribution >= 4 is 0 Å². The molecular formula is C20H22. The minimum absolute atomic E-state index is 0.350. The zero-order valence-corrected chi connectivity index (χ0v) is 12.2. The second-order valence-corrected chi connectivity index (χ2v) is 5.09. The van der Waals surface area contributed by atoms with Crippen molar-refractivity contribution in [2.24, 2.45) is 0 Å². The maximum absolute atomic E-state index is 3.46. The molecule has 0 nitrogen and oxygen atoms in total. The highest BCUT2D eigenvalue weighted by Crippen LogP contribution is 2.21. The van der Waals surface area contributed by atoms with E-state index in [1.807, 2.05) is 18.2 Å². The fraction of sp³-hybridized carbons (Fsp3) is 0.300. The summed E-state index contributed by atoms with van der Waals surface area (Å²) in [7, 11) is 0. The molecule has 0 fully saturated rings. The van der Waals surface area contributed by atoms with Gasteiger partial charge in [-0.05, 0) is 24.1 Å². The molecule has 0 heterocycles. The van der Waals surface area contributed by atoms with E-state index in [0.29, 0.717) is 5.92 Å². The minimum Gasteiger partial charge on any atom is -0.0897 e. The molecule has 0 aliphatic carbocycles. The van der Waals surface area contributed by atoms with Gasteiger partial charge in [0.25, 0.3) is 0 Å². The van der Waals surface area contributed by atoms with Gasteiger partial charge in [0.15, 0.2) is 0 Å². The lowest BCUT2D eigenvalue weighted by molar-refractivity contribution is 0.637. The molecule has 0 aliphatic rings. The van der Waals surface area contributed by atoms with Crippen molar-refractivity contribution in [2.75, 3.05) is 0 Å². The Morgan fingerprint density at radius 3 is 2.15 bits per heavy atom. The Kier molecular flexibility index (Phi) is 5.93. The summed E-state index contributed by atoms with van der Waals surface area (Å²) in [6.07, 6.45) is 4.95. The number of rotatable bonds is 5. The molecule has 1 unspecified atom stereocenters. The van der Waals surface area contributed by atoms with Crippen LogP contribution in [0.1, 0.15) is 49.7 Å². The van der Waals surface area contributed by atoms with E-state index in [4.69, 9.17) is 0 Å². The normalized spacial score (nSPS) is 11.4. The highest BCUT2D eigenvalue weighted by molar-refractivity contribution is 5.37. The number of unbranched alkanes of at least 4 members (excludes halogenated alkanes) is 2. The molecule has 1 atom stereocenters. The number of hydrogen-bond donors (Lipinski definition) is 0. The van der Waals surface area contributed by atoms with Gasteiger partial charge >= 0.3 is 0 Å². The van der Waals surface area contributed by atoms with Crippen LogP contribution in [-0.4, -0.2) is 0 Å². The van der Waals surface area contributed by atoms with Crippen molar-refractivity contribution in [2.45, 2.75) is 38.5 Å². The SMILES string of the molecule is CCCCCC(C#Cc1ccccc1)c1ccccc1. The number of hydrogen-bond acceptors (Lipinski definition) is 0. The first-order chi connectivity index (χ1) is 9.90. The van der Waals surface area contributed by atoms with Crippen LogP contribution in [0.15, 0.2) is 60.7 Å². The molecule has 0 aromatic heterocycles. The first-order valence-corrected chi connectivity index (χ1v) is 7.51. The third kappa shape index (κ3) is 4.59. The molecule has 0 saturated carbocycles. The Morgan fingerprint density at radius 1 is 0.850 bits per heavy atom. The minimum atomic E-state index is 0.350. The van der Waals surface area contributed by atoms with E-state index in [2.05, 4.69) is 61.2 Å². The van der Waals surface area contributed by atoms with Gasteiger partial charge < -0.3 is 0 Å². The van der Waals surface area contributed by atoms with Crippen LogP contribution in [0.25, 0.3) is 0 Å². The van der Waals surface area contributed by atoms with Crippen molar-refractivity contribution in [1.29, 1.82) is 0 Å². The lowest BCUT2D eigenvalue weighted by Gasteiger charge is -2.10. The topological polar surface area (TPSA) is 0 Å². The van der Waals surface area contributed by atoms with Crippen LogP contribution in [0.4, 0.5) is 0 Å². The summed E-state index contributed by atoms with van der Waals surface area (Å²) in [5.41, 5.74) is 2.44. The third-order valence-corrected chi connectivity index (χ3v) is 3.46. The Balaban J connectivity index is 2.13. The molecule has 102 valence electrons. The van der Waals surface area contributed by atoms with Crippen molar-refractivity contribution < 1.29 is 0 Å². The Morgan fingerprint density at radius 2 is 1.50 bits per heavy atom. The van der Waals surface area contributed by atoms with E-state index in [1.54, 1.807) is 0 Å². The van der Waals surface area contributed by atoms with Gasteiger partial charge in [0.2, 0.25) is 0 Å². The summed E-state index contributed by atoms with van der Waals surface area (Å²) in [4.78, 5) is 0. The Hall–Kier alpha value is -2.00. The third-order valence-electron chi connectivity index (χ3n) is 3.46. The molecular weight excluding hydrogens is 240 g/mol. The lowest BCUT2D eigenvalue weighted by Crippen LogP contribution is -1.96. The highest BCUT2D eigenvalue weighted by atomic mass is 14.1. The molecule has 0 amide bonds. The molecule has 0 bridgehead atoms. The van der Waals surface area contributed by atoms with E-state index in [9.17, 15) is 0 Å². The van der Waals surface area contributed by atoms with Gasteiger partial charge in [0.1, 0.15) is 0 Å². The van der Waals surface area contributed by atoms with Crippen LogP contribution in [0.3, 0.4) is 0 Å². The van der Waals surface area contributed by atoms with Crippen molar-refractivity contribution in [1.82, 2.24) is 0 Å². The van der Waals surface area contributed by atoms with E-state index < -0.39 is 0 Å². The first-order valence-electron chi connectivity index (χ1n) is 7.51. The van der Waals surface area contributed by atoms with Crippen LogP contribution >= 0.6 is 0 Å². The molecule has 20 heavy (non-hydrogen) atoms. The van der Waals surface area contributed by atoms with Gasteiger partial charge in [-0.25, -0.2) is 0 Å². The second kappa shape index (κ2) is 8.23. The van der Waals surface area contributed by atoms with Gasteiger partial charge in [0.05, 0.1) is 0 Å². The monoisotopic (exact) mass is 262 g/mol. The Bertz CT molecular complexity index is 543. The molecule has 0 saturated heterocycles. The predicted molar refractivity (Wildman–Crippen MR) is 86.6 cm³/mol. The summed E-state index contributed by atoms with van der Waals surface area (Å²) in [6.45, 7) is 2.24. The molecule has 0 radical (unpaired) electrons. The van der Waals surface area contributed by atoms with Crippen LogP contribution in [0.5, 0.6) is 0 Å². The summed E-state index contributed by atoms with van der Waals surface area (Å²) >= 11 is 0. The molecule has 0 N–H and O–H groups in total. The smallest absolute Gasteiger partial charge is 0.0456 e. The maximum Gasteiger partial charge on any atom is 0.0456 e. The van der Waals surface area contributed by atoms with Gasteiger partial charge in [-0.1, -0.05) is 86.6 Å². The summed E-state index contributed by atoms with van der Waals surface area (Å²) in [5, 5.41) is 0. The molecule has 2 aromatic carbocycles. The van der Waals surface area contributed by atoms with Crippen LogP contribution in [0, 0.1) is 11.8 Å². The van der Waals surface area contributed by atoms with Gasteiger partial charge in [-0.15, -0.1) is 0 Å². The number of benzene rings is 2. The molecule has 2 aromatic rings. The standard InChI is InChI=1S/C20H22/c1-2-3-6-13-20(19-14-9-5-10-15-19)17-16-18-11-7-4-8-12-18/h4-5,7-12,14-15,20H,2-3,6,13H2,1H3. The molecule has 2 rings (SSSR count). The molecule has 0 aliphatic heterocycles. The van der Waals surface area contributed by atoms with Crippen LogP contribution in [-0.2, 0) is 0 Å². The van der Waals surface area contributed by atoms with Gasteiger partial charge in [-0.2, -0.15) is 0 Å². The maximum atomic E-state index is 3.46. The van der Waals surface area contributed by atoms with Gasteiger partial charge in [0, 0.05) is 11.5 Å². The summed E-state index contributed by atoms with van der Waals surface area (Å²) in [5.74, 6) is 7.13. The molecule has 0 heteroatoms. The van der Waals surface area contributed by atoms with E-state index in [1.165, 1.54) is 24.8 Å². The van der Waals surface area contributed by atoms with Crippen molar-refractivity contribution in [3.8, 4) is 11.8 Å². The lowest BCUT2D eigenvalue weighted by atomic mass is 9.93. The van der Waals surface area contributed by atoms with Crippen molar-refractivity contribution in [3.63, 3.8) is 0 Å². The van der Waals surface area contributed by atoms with E-state index in [0.717, 1.165) is 12.0 Å².